The molecule has 0 aliphatic rings. The van der Waals surface area contributed by atoms with Crippen LogP contribution in [0.1, 0.15) is 18.6 Å². The molecule has 19 heavy (non-hydrogen) atoms. The molecule has 2 rings (SSSR count). The maximum Gasteiger partial charge on any atom is 0.133 e. The van der Waals surface area contributed by atoms with Gasteiger partial charge in [-0.15, -0.1) is 0 Å². The van der Waals surface area contributed by atoms with Crippen molar-refractivity contribution in [1.82, 2.24) is 0 Å². The van der Waals surface area contributed by atoms with Gasteiger partial charge in [0.2, 0.25) is 0 Å². The van der Waals surface area contributed by atoms with Crippen LogP contribution in [0.25, 0.3) is 0 Å². The van der Waals surface area contributed by atoms with Crippen molar-refractivity contribution in [3.8, 4) is 17.2 Å². The van der Waals surface area contributed by atoms with Crippen LogP contribution >= 0.6 is 15.9 Å². The minimum atomic E-state index is -0.599. The maximum absolute atomic E-state index is 9.78. The Hall–Kier alpha value is -1.52. The summed E-state index contributed by atoms with van der Waals surface area (Å²) in [6, 6.07) is 12.9. The van der Waals surface area contributed by atoms with Crippen LogP contribution in [0.2, 0.25) is 0 Å². The molecular formula is C15H15BrO3. The number of aliphatic hydroxyl groups is 1. The highest BCUT2D eigenvalue weighted by atomic mass is 79.9. The number of hydrogen-bond donors (Lipinski definition) is 1. The Bertz CT molecular complexity index is 567. The monoisotopic (exact) mass is 322 g/mol. The largest absolute Gasteiger partial charge is 0.497 e. The van der Waals surface area contributed by atoms with Gasteiger partial charge < -0.3 is 14.6 Å². The number of hydrogen-bond acceptors (Lipinski definition) is 3. The van der Waals surface area contributed by atoms with Gasteiger partial charge in [-0.3, -0.25) is 0 Å². The second-order valence-electron chi connectivity index (χ2n) is 4.14. The molecule has 0 aliphatic heterocycles. The molecule has 2 aromatic carbocycles. The van der Waals surface area contributed by atoms with E-state index in [-0.39, 0.29) is 0 Å². The van der Waals surface area contributed by atoms with Crippen molar-refractivity contribution in [2.75, 3.05) is 7.11 Å². The third-order valence-corrected chi connectivity index (χ3v) is 3.18. The van der Waals surface area contributed by atoms with Crippen LogP contribution < -0.4 is 9.47 Å². The summed E-state index contributed by atoms with van der Waals surface area (Å²) >= 11 is 3.39. The summed E-state index contributed by atoms with van der Waals surface area (Å²) in [7, 11) is 1.61. The van der Waals surface area contributed by atoms with Crippen molar-refractivity contribution in [3.63, 3.8) is 0 Å². The van der Waals surface area contributed by atoms with Crippen molar-refractivity contribution in [2.24, 2.45) is 0 Å². The van der Waals surface area contributed by atoms with E-state index in [0.29, 0.717) is 11.5 Å². The topological polar surface area (TPSA) is 38.7 Å². The van der Waals surface area contributed by atoms with Crippen LogP contribution in [0.3, 0.4) is 0 Å². The number of halogens is 1. The minimum absolute atomic E-state index is 0.599. The van der Waals surface area contributed by atoms with Gasteiger partial charge in [-0.25, -0.2) is 0 Å². The number of rotatable bonds is 4. The third kappa shape index (κ3) is 3.49. The summed E-state index contributed by atoms with van der Waals surface area (Å²) in [5, 5.41) is 9.78. The van der Waals surface area contributed by atoms with E-state index in [9.17, 15) is 5.11 Å². The molecule has 1 N–H and O–H groups in total. The maximum atomic E-state index is 9.78. The zero-order valence-corrected chi connectivity index (χ0v) is 12.3. The molecule has 0 aromatic heterocycles. The van der Waals surface area contributed by atoms with E-state index in [1.807, 2.05) is 36.4 Å². The number of aliphatic hydroxyl groups excluding tert-OH is 1. The summed E-state index contributed by atoms with van der Waals surface area (Å²) in [6.07, 6.45) is -0.599. The van der Waals surface area contributed by atoms with Gasteiger partial charge in [0.15, 0.2) is 0 Å². The number of ether oxygens (including phenoxy) is 2. The van der Waals surface area contributed by atoms with Crippen LogP contribution in [-0.4, -0.2) is 12.2 Å². The molecular weight excluding hydrogens is 308 g/mol. The lowest BCUT2D eigenvalue weighted by atomic mass is 10.1. The SMILES string of the molecule is COc1cccc(Oc2ccc(Br)cc2C(C)O)c1. The van der Waals surface area contributed by atoms with Gasteiger partial charge in [-0.2, -0.15) is 0 Å². The molecule has 0 fully saturated rings. The zero-order chi connectivity index (χ0) is 13.8. The second kappa shape index (κ2) is 6.08. The van der Waals surface area contributed by atoms with Gasteiger partial charge in [-0.05, 0) is 37.3 Å². The average molecular weight is 323 g/mol. The van der Waals surface area contributed by atoms with Crippen molar-refractivity contribution in [3.05, 3.63) is 52.5 Å². The zero-order valence-electron chi connectivity index (χ0n) is 10.8. The van der Waals surface area contributed by atoms with Gasteiger partial charge in [-0.1, -0.05) is 22.0 Å². The first-order chi connectivity index (χ1) is 9.10. The molecule has 0 spiro atoms. The predicted octanol–water partition coefficient (Wildman–Crippen LogP) is 4.30. The number of benzene rings is 2. The third-order valence-electron chi connectivity index (χ3n) is 2.69. The molecule has 0 saturated carbocycles. The molecule has 0 aliphatic carbocycles. The van der Waals surface area contributed by atoms with Crippen molar-refractivity contribution < 1.29 is 14.6 Å². The predicted molar refractivity (Wildman–Crippen MR) is 77.8 cm³/mol. The Kier molecular flexibility index (Phi) is 4.45. The normalized spacial score (nSPS) is 12.0. The fourth-order valence-corrected chi connectivity index (χ4v) is 2.11. The Morgan fingerprint density at radius 3 is 2.53 bits per heavy atom. The molecule has 1 unspecified atom stereocenters. The van der Waals surface area contributed by atoms with Crippen molar-refractivity contribution in [2.45, 2.75) is 13.0 Å². The van der Waals surface area contributed by atoms with Crippen LogP contribution in [0.4, 0.5) is 0 Å². The molecule has 1 atom stereocenters. The van der Waals surface area contributed by atoms with E-state index in [1.165, 1.54) is 0 Å². The second-order valence-corrected chi connectivity index (χ2v) is 5.05. The highest BCUT2D eigenvalue weighted by Gasteiger charge is 2.11. The standard InChI is InChI=1S/C15H15BrO3/c1-10(17)14-8-11(16)6-7-15(14)19-13-5-3-4-12(9-13)18-2/h3-10,17H,1-2H3. The Labute approximate surface area is 120 Å². The van der Waals surface area contributed by atoms with Crippen LogP contribution in [0, 0.1) is 0 Å². The van der Waals surface area contributed by atoms with E-state index in [2.05, 4.69) is 15.9 Å². The quantitative estimate of drug-likeness (QED) is 0.911. The first-order valence-electron chi connectivity index (χ1n) is 5.89. The number of methoxy groups -OCH3 is 1. The summed E-state index contributed by atoms with van der Waals surface area (Å²) < 4.78 is 11.9. The molecule has 0 bridgehead atoms. The lowest BCUT2D eigenvalue weighted by Gasteiger charge is -2.14. The van der Waals surface area contributed by atoms with Crippen molar-refractivity contribution in [1.29, 1.82) is 0 Å². The summed E-state index contributed by atoms with van der Waals surface area (Å²) in [6.45, 7) is 1.71. The molecule has 4 heteroatoms. The van der Waals surface area contributed by atoms with Gasteiger partial charge in [0.05, 0.1) is 13.2 Å². The smallest absolute Gasteiger partial charge is 0.133 e. The first kappa shape index (κ1) is 13.9. The Morgan fingerprint density at radius 1 is 1.11 bits per heavy atom. The van der Waals surface area contributed by atoms with Gasteiger partial charge in [0.1, 0.15) is 17.2 Å². The molecule has 2 aromatic rings. The van der Waals surface area contributed by atoms with Crippen LogP contribution in [0.5, 0.6) is 17.2 Å². The van der Waals surface area contributed by atoms with E-state index >= 15 is 0 Å². The molecule has 0 amide bonds. The average Bonchev–Trinajstić information content (AvgIpc) is 2.41. The van der Waals surface area contributed by atoms with Gasteiger partial charge >= 0.3 is 0 Å². The summed E-state index contributed by atoms with van der Waals surface area (Å²) in [5.74, 6) is 2.03. The fraction of sp³-hybridized carbons (Fsp3) is 0.200. The van der Waals surface area contributed by atoms with Gasteiger partial charge in [0.25, 0.3) is 0 Å². The molecule has 0 radical (unpaired) electrons. The lowest BCUT2D eigenvalue weighted by Crippen LogP contribution is -1.96. The van der Waals surface area contributed by atoms with Crippen LogP contribution in [0.15, 0.2) is 46.9 Å². The molecule has 0 saturated heterocycles. The fourth-order valence-electron chi connectivity index (χ4n) is 1.73. The van der Waals surface area contributed by atoms with Crippen molar-refractivity contribution >= 4 is 15.9 Å². The summed E-state index contributed by atoms with van der Waals surface area (Å²) in [5.41, 5.74) is 0.734. The van der Waals surface area contributed by atoms with E-state index in [1.54, 1.807) is 20.1 Å². The highest BCUT2D eigenvalue weighted by molar-refractivity contribution is 9.10. The molecule has 0 heterocycles. The first-order valence-corrected chi connectivity index (χ1v) is 6.69. The highest BCUT2D eigenvalue weighted by Crippen LogP contribution is 2.33. The minimum Gasteiger partial charge on any atom is -0.497 e. The molecule has 100 valence electrons. The molecule has 3 nitrogen and oxygen atoms in total. The van der Waals surface area contributed by atoms with E-state index < -0.39 is 6.10 Å². The van der Waals surface area contributed by atoms with Gasteiger partial charge in [0, 0.05) is 16.1 Å². The van der Waals surface area contributed by atoms with Crippen LogP contribution in [-0.2, 0) is 0 Å². The lowest BCUT2D eigenvalue weighted by molar-refractivity contribution is 0.195. The van der Waals surface area contributed by atoms with E-state index in [4.69, 9.17) is 9.47 Å². The Morgan fingerprint density at radius 2 is 1.84 bits per heavy atom. The summed E-state index contributed by atoms with van der Waals surface area (Å²) in [4.78, 5) is 0. The van der Waals surface area contributed by atoms with E-state index in [0.717, 1.165) is 15.8 Å². The Balaban J connectivity index is 2.32.